The van der Waals surface area contributed by atoms with Gasteiger partial charge in [0, 0.05) is 16.8 Å². The first kappa shape index (κ1) is 10.4. The molecular weight excluding hydrogens is 133 g/mol. The summed E-state index contributed by atoms with van der Waals surface area (Å²) in [6, 6.07) is 0. The quantitative estimate of drug-likeness (QED) is 0.470. The van der Waals surface area contributed by atoms with E-state index >= 15 is 0 Å². The average Bonchev–Trinajstić information content (AvgIpc) is 1.61. The fourth-order valence-electron chi connectivity index (χ4n) is 0.322. The van der Waals surface area contributed by atoms with Crippen LogP contribution in [-0.2, 0) is 16.8 Å². The molecule has 0 aliphatic carbocycles. The van der Waals surface area contributed by atoms with E-state index in [4.69, 9.17) is 5.73 Å². The van der Waals surface area contributed by atoms with E-state index in [0.717, 1.165) is 6.42 Å². The molecule has 0 aromatic carbocycles. The minimum atomic E-state index is 0. The van der Waals surface area contributed by atoms with Crippen LogP contribution in [0.5, 0.6) is 0 Å². The van der Waals surface area contributed by atoms with Crippen LogP contribution in [0.15, 0.2) is 0 Å². The van der Waals surface area contributed by atoms with Crippen LogP contribution in [0.3, 0.4) is 0 Å². The molecule has 7 heavy (non-hydrogen) atoms. The predicted molar refractivity (Wildman–Crippen MR) is 28.0 cm³/mol. The maximum Gasteiger partial charge on any atom is 0 e. The largest absolute Gasteiger partial charge is 0.483 e. The first-order valence-electron chi connectivity index (χ1n) is 2.45. The van der Waals surface area contributed by atoms with Crippen molar-refractivity contribution in [1.29, 1.82) is 0 Å². The van der Waals surface area contributed by atoms with Crippen LogP contribution in [-0.4, -0.2) is 0 Å². The third-order valence-electron chi connectivity index (χ3n) is 0.724. The van der Waals surface area contributed by atoms with Crippen molar-refractivity contribution in [3.8, 4) is 0 Å². The molecule has 0 spiro atoms. The maximum atomic E-state index is 5.09. The van der Waals surface area contributed by atoms with Crippen LogP contribution in [0.25, 0.3) is 0 Å². The van der Waals surface area contributed by atoms with Gasteiger partial charge in [-0.2, -0.15) is 6.42 Å². The molecule has 0 amide bonds. The molecule has 2 heteroatoms. The summed E-state index contributed by atoms with van der Waals surface area (Å²) in [5, 5.41) is 0. The molecule has 0 aromatic rings. The van der Waals surface area contributed by atoms with Crippen molar-refractivity contribution in [2.45, 2.75) is 26.2 Å². The van der Waals surface area contributed by atoms with Gasteiger partial charge in [0.25, 0.3) is 0 Å². The Balaban J connectivity index is 0. The smallest absolute Gasteiger partial charge is 0 e. The third kappa shape index (κ3) is 10.7. The van der Waals surface area contributed by atoms with Crippen LogP contribution in [0.2, 0.25) is 0 Å². The summed E-state index contributed by atoms with van der Waals surface area (Å²) < 4.78 is 0. The second-order valence-corrected chi connectivity index (χ2v) is 1.38. The van der Waals surface area contributed by atoms with Crippen LogP contribution in [0, 0.1) is 6.54 Å². The van der Waals surface area contributed by atoms with Gasteiger partial charge in [-0.05, 0) is 0 Å². The van der Waals surface area contributed by atoms with Crippen LogP contribution in [0.1, 0.15) is 26.2 Å². The van der Waals surface area contributed by atoms with Crippen molar-refractivity contribution in [2.24, 2.45) is 5.73 Å². The summed E-state index contributed by atoms with van der Waals surface area (Å²) in [6.45, 7) is 3.87. The van der Waals surface area contributed by atoms with E-state index in [1.807, 2.05) is 0 Å². The van der Waals surface area contributed by atoms with Gasteiger partial charge < -0.3 is 5.73 Å². The van der Waals surface area contributed by atoms with Crippen molar-refractivity contribution >= 4 is 0 Å². The molecular formula is C5H12CoN-. The first-order valence-corrected chi connectivity index (χ1v) is 2.45. The van der Waals surface area contributed by atoms with E-state index < -0.39 is 0 Å². The van der Waals surface area contributed by atoms with Crippen molar-refractivity contribution in [2.75, 3.05) is 0 Å². The van der Waals surface area contributed by atoms with Crippen LogP contribution in [0.4, 0.5) is 0 Å². The van der Waals surface area contributed by atoms with Gasteiger partial charge in [-0.15, -0.1) is 0 Å². The van der Waals surface area contributed by atoms with E-state index in [9.17, 15) is 0 Å². The number of hydrogen-bond acceptors (Lipinski definition) is 1. The molecule has 0 heterocycles. The zero-order valence-corrected chi connectivity index (χ0v) is 5.65. The Kier molecular flexibility index (Phi) is 14.5. The molecule has 47 valence electrons. The van der Waals surface area contributed by atoms with Crippen LogP contribution < -0.4 is 5.73 Å². The number of rotatable bonds is 3. The average molecular weight is 145 g/mol. The molecule has 1 nitrogen and oxygen atoms in total. The van der Waals surface area contributed by atoms with Crippen molar-refractivity contribution in [3.05, 3.63) is 6.54 Å². The van der Waals surface area contributed by atoms with Gasteiger partial charge in [0.05, 0.1) is 0 Å². The molecule has 0 fully saturated rings. The van der Waals surface area contributed by atoms with E-state index in [-0.39, 0.29) is 16.8 Å². The summed E-state index contributed by atoms with van der Waals surface area (Å²) in [6.07, 6.45) is 3.54. The van der Waals surface area contributed by atoms with Gasteiger partial charge in [0.1, 0.15) is 0 Å². The predicted octanol–water partition coefficient (Wildman–Crippen LogP) is 1.29. The second-order valence-electron chi connectivity index (χ2n) is 1.38. The fourth-order valence-corrected chi connectivity index (χ4v) is 0.322. The standard InChI is InChI=1S/C5H12N.Co/c1-2-3-4-5-6;/h5H,2-4,6H2,1H3;/q-1;. The molecule has 0 atom stereocenters. The zero-order chi connectivity index (χ0) is 4.83. The van der Waals surface area contributed by atoms with Gasteiger partial charge in [-0.3, -0.25) is 6.54 Å². The molecule has 2 N–H and O–H groups in total. The summed E-state index contributed by atoms with van der Waals surface area (Å²) in [5.74, 6) is 0. The Morgan fingerprint density at radius 1 is 1.57 bits per heavy atom. The SMILES string of the molecule is CCCC[CH-]N.[Co]. The van der Waals surface area contributed by atoms with Crippen molar-refractivity contribution in [3.63, 3.8) is 0 Å². The Labute approximate surface area is 55.9 Å². The fraction of sp³-hybridized carbons (Fsp3) is 0.800. The molecule has 0 saturated heterocycles. The summed E-state index contributed by atoms with van der Waals surface area (Å²) in [4.78, 5) is 0. The third-order valence-corrected chi connectivity index (χ3v) is 0.724. The molecule has 0 unspecified atom stereocenters. The Bertz CT molecular complexity index is 20.0. The minimum Gasteiger partial charge on any atom is -0.483 e. The van der Waals surface area contributed by atoms with Gasteiger partial charge in [-0.25, -0.2) is 0 Å². The minimum absolute atomic E-state index is 0. The van der Waals surface area contributed by atoms with Crippen LogP contribution >= 0.6 is 0 Å². The van der Waals surface area contributed by atoms with Gasteiger partial charge >= 0.3 is 0 Å². The van der Waals surface area contributed by atoms with E-state index in [1.54, 1.807) is 6.54 Å². The normalized spacial score (nSPS) is 7.71. The molecule has 0 bridgehead atoms. The molecule has 0 aromatic heterocycles. The van der Waals surface area contributed by atoms with E-state index in [0.29, 0.717) is 0 Å². The Morgan fingerprint density at radius 2 is 2.14 bits per heavy atom. The van der Waals surface area contributed by atoms with Gasteiger partial charge in [-0.1, -0.05) is 19.8 Å². The van der Waals surface area contributed by atoms with E-state index in [2.05, 4.69) is 6.92 Å². The first-order chi connectivity index (χ1) is 2.91. The number of unbranched alkanes of at least 4 members (excludes halogenated alkanes) is 2. The number of hydrogen-bond donors (Lipinski definition) is 1. The summed E-state index contributed by atoms with van der Waals surface area (Å²) >= 11 is 0. The Morgan fingerprint density at radius 3 is 2.29 bits per heavy atom. The number of nitrogens with two attached hydrogens (primary N) is 1. The second kappa shape index (κ2) is 9.69. The van der Waals surface area contributed by atoms with Crippen molar-refractivity contribution < 1.29 is 16.8 Å². The van der Waals surface area contributed by atoms with E-state index in [1.165, 1.54) is 12.8 Å². The molecule has 0 saturated carbocycles. The summed E-state index contributed by atoms with van der Waals surface area (Å²) in [5.41, 5.74) is 5.09. The topological polar surface area (TPSA) is 26.0 Å². The monoisotopic (exact) mass is 145 g/mol. The summed E-state index contributed by atoms with van der Waals surface area (Å²) in [7, 11) is 0. The molecule has 0 aliphatic heterocycles. The zero-order valence-electron chi connectivity index (χ0n) is 4.61. The maximum absolute atomic E-state index is 5.09. The van der Waals surface area contributed by atoms with Gasteiger partial charge in [0.2, 0.25) is 0 Å². The van der Waals surface area contributed by atoms with Crippen molar-refractivity contribution in [1.82, 2.24) is 0 Å². The molecule has 0 rings (SSSR count). The van der Waals surface area contributed by atoms with Gasteiger partial charge in [0.15, 0.2) is 0 Å². The Hall–Kier alpha value is 0.466. The molecule has 0 aliphatic rings. The molecule has 1 radical (unpaired) electrons.